The summed E-state index contributed by atoms with van der Waals surface area (Å²) in [7, 11) is 0. The molecule has 57 heavy (non-hydrogen) atoms. The molecule has 0 fully saturated rings. The van der Waals surface area contributed by atoms with Crippen LogP contribution in [0.25, 0.3) is 92.9 Å². The van der Waals surface area contributed by atoms with Crippen molar-refractivity contribution >= 4 is 81.8 Å². The van der Waals surface area contributed by atoms with Crippen LogP contribution in [0.4, 0.5) is 0 Å². The monoisotopic (exact) mass is 736 g/mol. The fourth-order valence-electron chi connectivity index (χ4n) is 12.1. The molecule has 0 aliphatic heterocycles. The van der Waals surface area contributed by atoms with E-state index in [1.807, 2.05) is 6.08 Å². The summed E-state index contributed by atoms with van der Waals surface area (Å²) in [5, 5.41) is 11.2. The Hall–Kier alpha value is -5.86. The fraction of sp³-hybridized carbons (Fsp3) is 0.236. The first-order valence-electron chi connectivity index (χ1n) is 21.0. The van der Waals surface area contributed by atoms with Gasteiger partial charge in [-0.2, -0.15) is 0 Å². The molecule has 2 aliphatic rings. The van der Waals surface area contributed by atoms with Crippen molar-refractivity contribution in [1.29, 1.82) is 0 Å². The Balaban J connectivity index is 1.41. The molecular formula is C55H48N2. The van der Waals surface area contributed by atoms with E-state index >= 15 is 0 Å². The highest BCUT2D eigenvalue weighted by Gasteiger charge is 2.41. The third kappa shape index (κ3) is 3.62. The van der Waals surface area contributed by atoms with E-state index in [0.717, 1.165) is 0 Å². The van der Waals surface area contributed by atoms with E-state index in [-0.39, 0.29) is 22.7 Å². The molecule has 12 rings (SSSR count). The first-order chi connectivity index (χ1) is 27.4. The van der Waals surface area contributed by atoms with Gasteiger partial charge >= 0.3 is 0 Å². The Kier molecular flexibility index (Phi) is 6.16. The number of hydrogen-bond acceptors (Lipinski definition) is 0. The van der Waals surface area contributed by atoms with Crippen molar-refractivity contribution in [3.05, 3.63) is 149 Å². The van der Waals surface area contributed by atoms with Crippen molar-refractivity contribution in [3.63, 3.8) is 0 Å². The van der Waals surface area contributed by atoms with Gasteiger partial charge in [0, 0.05) is 59.5 Å². The summed E-state index contributed by atoms with van der Waals surface area (Å²) in [6, 6.07) is 32.8. The predicted molar refractivity (Wildman–Crippen MR) is 246 cm³/mol. The van der Waals surface area contributed by atoms with Crippen molar-refractivity contribution in [1.82, 2.24) is 8.80 Å². The lowest BCUT2D eigenvalue weighted by Crippen LogP contribution is -2.15. The second-order valence-corrected chi connectivity index (χ2v) is 18.9. The van der Waals surface area contributed by atoms with Crippen molar-refractivity contribution in [2.45, 2.75) is 85.0 Å². The van der Waals surface area contributed by atoms with Crippen molar-refractivity contribution < 1.29 is 0 Å². The molecule has 2 nitrogen and oxygen atoms in total. The molecule has 4 heterocycles. The van der Waals surface area contributed by atoms with Gasteiger partial charge < -0.3 is 8.80 Å². The van der Waals surface area contributed by atoms with Crippen LogP contribution >= 0.6 is 0 Å². The maximum Gasteiger partial charge on any atom is 0.0627 e. The van der Waals surface area contributed by atoms with E-state index in [0.29, 0.717) is 0 Å². The zero-order valence-electron chi connectivity index (χ0n) is 34.6. The zero-order chi connectivity index (χ0) is 39.2. The van der Waals surface area contributed by atoms with E-state index in [4.69, 9.17) is 0 Å². The molecule has 2 heteroatoms. The average molecular weight is 737 g/mol. The van der Waals surface area contributed by atoms with E-state index < -0.39 is 0 Å². The quantitative estimate of drug-likeness (QED) is 0.159. The summed E-state index contributed by atoms with van der Waals surface area (Å²) >= 11 is 0. The normalized spacial score (nSPS) is 16.3. The molecule has 0 radical (unpaired) electrons. The van der Waals surface area contributed by atoms with Crippen molar-refractivity contribution in [2.75, 3.05) is 0 Å². The van der Waals surface area contributed by atoms with Crippen molar-refractivity contribution in [3.8, 4) is 11.1 Å². The van der Waals surface area contributed by atoms with Gasteiger partial charge in [0.05, 0.1) is 33.1 Å². The second kappa shape index (κ2) is 10.5. The number of benzene rings is 6. The Labute approximate surface area is 334 Å². The van der Waals surface area contributed by atoms with Crippen LogP contribution < -0.4 is 0 Å². The highest BCUT2D eigenvalue weighted by atomic mass is 15.0. The molecule has 4 aromatic heterocycles. The highest BCUT2D eigenvalue weighted by Crippen LogP contribution is 2.59. The van der Waals surface area contributed by atoms with Gasteiger partial charge in [0.1, 0.15) is 0 Å². The first-order valence-corrected chi connectivity index (χ1v) is 21.0. The average Bonchev–Trinajstić information content (AvgIpc) is 3.99. The van der Waals surface area contributed by atoms with Gasteiger partial charge in [-0.1, -0.05) is 146 Å². The van der Waals surface area contributed by atoms with Crippen molar-refractivity contribution in [2.24, 2.45) is 0 Å². The van der Waals surface area contributed by atoms with Crippen LogP contribution in [0.1, 0.15) is 108 Å². The molecule has 0 atom stereocenters. The highest BCUT2D eigenvalue weighted by molar-refractivity contribution is 6.34. The Morgan fingerprint density at radius 3 is 1.61 bits per heavy atom. The lowest BCUT2D eigenvalue weighted by molar-refractivity contribution is 0.640. The number of allylic oxidation sites excluding steroid dienone is 5. The standard InChI is InChI=1S/C55H48N2/c1-11-12-19-31-30(6)54(7,8)38-26-35-48-42(28(2)3)49-36-27-39-45(32-20-13-16-23-37(32)55(39,9)10)47-34-22-15-18-25-41(34)57(51(36)47)53(49)43(29(4)5)52(48)56-40-24-17-14-21-33(40)46(44(31)38)50(35)56/h11-29H,1H2,2-10H3/b19-12-. The third-order valence-corrected chi connectivity index (χ3v) is 14.8. The summed E-state index contributed by atoms with van der Waals surface area (Å²) in [6.45, 7) is 25.8. The van der Waals surface area contributed by atoms with Gasteiger partial charge in [-0.3, -0.25) is 0 Å². The third-order valence-electron chi connectivity index (χ3n) is 14.8. The van der Waals surface area contributed by atoms with Crippen LogP contribution in [-0.2, 0) is 10.8 Å². The van der Waals surface area contributed by atoms with Gasteiger partial charge in [0.2, 0.25) is 0 Å². The van der Waals surface area contributed by atoms with Gasteiger partial charge in [-0.05, 0) is 87.5 Å². The molecule has 0 saturated carbocycles. The van der Waals surface area contributed by atoms with Gasteiger partial charge in [0.25, 0.3) is 0 Å². The maximum absolute atomic E-state index is 4.06. The minimum absolute atomic E-state index is 0.115. The number of aromatic nitrogens is 2. The summed E-state index contributed by atoms with van der Waals surface area (Å²) in [5.41, 5.74) is 22.1. The number of rotatable bonds is 4. The molecular weight excluding hydrogens is 689 g/mol. The lowest BCUT2D eigenvalue weighted by Gasteiger charge is -2.23. The molecule has 6 aromatic carbocycles. The van der Waals surface area contributed by atoms with E-state index in [9.17, 15) is 0 Å². The Bertz CT molecular complexity index is 3530. The van der Waals surface area contributed by atoms with Crippen LogP contribution in [0.5, 0.6) is 0 Å². The molecule has 0 saturated heterocycles. The first kappa shape index (κ1) is 33.3. The summed E-state index contributed by atoms with van der Waals surface area (Å²) < 4.78 is 5.39. The minimum Gasteiger partial charge on any atom is -0.308 e. The topological polar surface area (TPSA) is 8.82 Å². The molecule has 2 aliphatic carbocycles. The summed E-state index contributed by atoms with van der Waals surface area (Å²) in [4.78, 5) is 0. The lowest BCUT2D eigenvalue weighted by atomic mass is 9.80. The second-order valence-electron chi connectivity index (χ2n) is 18.9. The van der Waals surface area contributed by atoms with Crippen LogP contribution in [0.3, 0.4) is 0 Å². The van der Waals surface area contributed by atoms with Gasteiger partial charge in [0.15, 0.2) is 0 Å². The van der Waals surface area contributed by atoms with Gasteiger partial charge in [-0.25, -0.2) is 0 Å². The van der Waals surface area contributed by atoms with Crippen LogP contribution in [0.15, 0.2) is 115 Å². The fourth-order valence-corrected chi connectivity index (χ4v) is 12.1. The van der Waals surface area contributed by atoms with Crippen LogP contribution in [-0.4, -0.2) is 8.80 Å². The molecule has 278 valence electrons. The maximum atomic E-state index is 4.06. The Morgan fingerprint density at radius 2 is 1.05 bits per heavy atom. The SMILES string of the molecule is C=C/C=C\C1=C(C)C(C)(C)c2cc3c4c(C(C)C)c5c6cc7c(c8c9ccccc9n(c5c(C(C)C)c4n4c5ccccc5c(c21)c34)c68)-c1ccccc1C7(C)C. The molecule has 0 spiro atoms. The van der Waals surface area contributed by atoms with Crippen LogP contribution in [0, 0.1) is 0 Å². The minimum atomic E-state index is -0.119. The van der Waals surface area contributed by atoms with Crippen LogP contribution in [0.2, 0.25) is 0 Å². The molecule has 0 amide bonds. The molecule has 0 unspecified atom stereocenters. The number of para-hydroxylation sites is 2. The molecule has 10 aromatic rings. The number of fused-ring (bicyclic) bond motifs is 18. The summed E-state index contributed by atoms with van der Waals surface area (Å²) in [6.07, 6.45) is 6.33. The smallest absolute Gasteiger partial charge is 0.0627 e. The Morgan fingerprint density at radius 1 is 0.544 bits per heavy atom. The summed E-state index contributed by atoms with van der Waals surface area (Å²) in [5.74, 6) is 0.557. The molecule has 0 N–H and O–H groups in total. The zero-order valence-corrected chi connectivity index (χ0v) is 34.6. The predicted octanol–water partition coefficient (Wildman–Crippen LogP) is 15.3. The van der Waals surface area contributed by atoms with E-state index in [2.05, 4.69) is 175 Å². The largest absolute Gasteiger partial charge is 0.308 e. The number of nitrogens with zero attached hydrogens (tertiary/aromatic N) is 2. The van der Waals surface area contributed by atoms with E-state index in [1.54, 1.807) is 0 Å². The van der Waals surface area contributed by atoms with E-state index in [1.165, 1.54) is 132 Å². The molecule has 0 bridgehead atoms. The number of hydrogen-bond donors (Lipinski definition) is 0. The van der Waals surface area contributed by atoms with Gasteiger partial charge in [-0.15, -0.1) is 0 Å².